The van der Waals surface area contributed by atoms with Crippen LogP contribution in [0.2, 0.25) is 0 Å². The molecule has 0 amide bonds. The van der Waals surface area contributed by atoms with E-state index >= 15 is 0 Å². The van der Waals surface area contributed by atoms with Crippen LogP contribution in [0, 0.1) is 17.0 Å². The highest BCUT2D eigenvalue weighted by Gasteiger charge is 2.16. The number of nitrogens with one attached hydrogen (secondary N) is 1. The standard InChI is InChI=1S/C15H17N3O3/c1-10-7-15(21-9-11-3-2-6-16-11)13-8-12(18(19)20)4-5-14(13)17-10/h4-5,7-8,11,16H,2-3,6,9H2,1H3. The largest absolute Gasteiger partial charge is 0.491 e. The maximum absolute atomic E-state index is 10.9. The molecule has 1 aliphatic heterocycles. The van der Waals surface area contributed by atoms with Crippen LogP contribution >= 0.6 is 0 Å². The molecule has 0 bridgehead atoms. The van der Waals surface area contributed by atoms with Crippen molar-refractivity contribution in [3.63, 3.8) is 0 Å². The van der Waals surface area contributed by atoms with Gasteiger partial charge in [-0.25, -0.2) is 0 Å². The van der Waals surface area contributed by atoms with E-state index < -0.39 is 4.92 Å². The average Bonchev–Trinajstić information content (AvgIpc) is 2.97. The lowest BCUT2D eigenvalue weighted by Gasteiger charge is -2.14. The summed E-state index contributed by atoms with van der Waals surface area (Å²) in [6.07, 6.45) is 2.26. The second-order valence-electron chi connectivity index (χ2n) is 5.32. The topological polar surface area (TPSA) is 77.3 Å². The normalized spacial score (nSPS) is 18.0. The van der Waals surface area contributed by atoms with Gasteiger partial charge in [0.05, 0.1) is 10.4 Å². The van der Waals surface area contributed by atoms with Crippen molar-refractivity contribution >= 4 is 16.6 Å². The van der Waals surface area contributed by atoms with Crippen LogP contribution in [0.15, 0.2) is 24.3 Å². The zero-order valence-corrected chi connectivity index (χ0v) is 11.8. The summed E-state index contributed by atoms with van der Waals surface area (Å²) < 4.78 is 5.89. The maximum atomic E-state index is 10.9. The van der Waals surface area contributed by atoms with Gasteiger partial charge in [-0.05, 0) is 32.4 Å². The molecule has 1 aromatic heterocycles. The summed E-state index contributed by atoms with van der Waals surface area (Å²) in [5.74, 6) is 0.662. The van der Waals surface area contributed by atoms with Crippen molar-refractivity contribution in [2.75, 3.05) is 13.2 Å². The molecule has 110 valence electrons. The summed E-state index contributed by atoms with van der Waals surface area (Å²) in [6.45, 7) is 3.48. The Labute approximate surface area is 122 Å². The van der Waals surface area contributed by atoms with Gasteiger partial charge in [0.1, 0.15) is 12.4 Å². The quantitative estimate of drug-likeness (QED) is 0.690. The van der Waals surface area contributed by atoms with Crippen LogP contribution in [0.25, 0.3) is 10.9 Å². The van der Waals surface area contributed by atoms with Gasteiger partial charge in [-0.15, -0.1) is 0 Å². The third-order valence-corrected chi connectivity index (χ3v) is 3.70. The molecule has 21 heavy (non-hydrogen) atoms. The molecular formula is C15H17N3O3. The van der Waals surface area contributed by atoms with Crippen molar-refractivity contribution < 1.29 is 9.66 Å². The van der Waals surface area contributed by atoms with Gasteiger partial charge < -0.3 is 10.1 Å². The molecule has 1 aromatic carbocycles. The molecule has 1 atom stereocenters. The summed E-state index contributed by atoms with van der Waals surface area (Å²) in [5, 5.41) is 15.0. The Hall–Kier alpha value is -2.21. The minimum absolute atomic E-state index is 0.0528. The summed E-state index contributed by atoms with van der Waals surface area (Å²) in [4.78, 5) is 14.9. The summed E-state index contributed by atoms with van der Waals surface area (Å²) in [7, 11) is 0. The number of nitrogens with zero attached hydrogens (tertiary/aromatic N) is 2. The van der Waals surface area contributed by atoms with Crippen LogP contribution in [-0.2, 0) is 0 Å². The number of nitro groups is 1. The van der Waals surface area contributed by atoms with E-state index in [1.807, 2.05) is 13.0 Å². The van der Waals surface area contributed by atoms with E-state index in [0.29, 0.717) is 23.8 Å². The molecule has 2 heterocycles. The number of fused-ring (bicyclic) bond motifs is 1. The third kappa shape index (κ3) is 2.95. The van der Waals surface area contributed by atoms with Crippen molar-refractivity contribution in [1.82, 2.24) is 10.3 Å². The maximum Gasteiger partial charge on any atom is 0.270 e. The third-order valence-electron chi connectivity index (χ3n) is 3.70. The Morgan fingerprint density at radius 2 is 2.33 bits per heavy atom. The first-order valence-corrected chi connectivity index (χ1v) is 7.05. The fourth-order valence-electron chi connectivity index (χ4n) is 2.63. The van der Waals surface area contributed by atoms with Crippen LogP contribution < -0.4 is 10.1 Å². The number of non-ortho nitro benzene ring substituents is 1. The van der Waals surface area contributed by atoms with E-state index in [1.165, 1.54) is 12.1 Å². The highest BCUT2D eigenvalue weighted by atomic mass is 16.6. The zero-order chi connectivity index (χ0) is 14.8. The Balaban J connectivity index is 1.94. The second-order valence-corrected chi connectivity index (χ2v) is 5.32. The van der Waals surface area contributed by atoms with Crippen LogP contribution in [0.3, 0.4) is 0 Å². The van der Waals surface area contributed by atoms with Gasteiger partial charge in [-0.1, -0.05) is 0 Å². The summed E-state index contributed by atoms with van der Waals surface area (Å²) in [6, 6.07) is 6.85. The van der Waals surface area contributed by atoms with E-state index in [9.17, 15) is 10.1 Å². The zero-order valence-electron chi connectivity index (χ0n) is 11.8. The highest BCUT2D eigenvalue weighted by molar-refractivity contribution is 5.87. The number of aryl methyl sites for hydroxylation is 1. The summed E-state index contributed by atoms with van der Waals surface area (Å²) >= 11 is 0. The molecule has 0 aliphatic carbocycles. The minimum Gasteiger partial charge on any atom is -0.491 e. The van der Waals surface area contributed by atoms with E-state index in [4.69, 9.17) is 4.74 Å². The predicted molar refractivity (Wildman–Crippen MR) is 79.7 cm³/mol. The van der Waals surface area contributed by atoms with Gasteiger partial charge in [0.15, 0.2) is 0 Å². The van der Waals surface area contributed by atoms with Gasteiger partial charge in [0, 0.05) is 35.3 Å². The lowest BCUT2D eigenvalue weighted by molar-refractivity contribution is -0.384. The SMILES string of the molecule is Cc1cc(OCC2CCCN2)c2cc([N+](=O)[O-])ccc2n1. The number of nitro benzene ring substituents is 1. The molecule has 6 heteroatoms. The molecule has 1 unspecified atom stereocenters. The van der Waals surface area contributed by atoms with Crippen molar-refractivity contribution in [2.24, 2.45) is 0 Å². The van der Waals surface area contributed by atoms with Crippen molar-refractivity contribution in [3.05, 3.63) is 40.1 Å². The molecule has 1 fully saturated rings. The number of pyridine rings is 1. The lowest BCUT2D eigenvalue weighted by Crippen LogP contribution is -2.28. The predicted octanol–water partition coefficient (Wildman–Crippen LogP) is 2.58. The van der Waals surface area contributed by atoms with Gasteiger partial charge in [-0.2, -0.15) is 0 Å². The molecule has 0 spiro atoms. The molecule has 0 saturated carbocycles. The highest BCUT2D eigenvalue weighted by Crippen LogP contribution is 2.29. The van der Waals surface area contributed by atoms with Crippen LogP contribution in [0.5, 0.6) is 5.75 Å². The molecule has 3 rings (SSSR count). The molecule has 2 aromatic rings. The Morgan fingerprint density at radius 3 is 3.05 bits per heavy atom. The van der Waals surface area contributed by atoms with Gasteiger partial charge in [-0.3, -0.25) is 15.1 Å². The monoisotopic (exact) mass is 287 g/mol. The molecule has 1 saturated heterocycles. The van der Waals surface area contributed by atoms with E-state index in [2.05, 4.69) is 10.3 Å². The van der Waals surface area contributed by atoms with E-state index in [1.54, 1.807) is 6.07 Å². The summed E-state index contributed by atoms with van der Waals surface area (Å²) in [5.41, 5.74) is 1.61. The smallest absolute Gasteiger partial charge is 0.270 e. The average molecular weight is 287 g/mol. The molecule has 0 radical (unpaired) electrons. The number of aromatic nitrogens is 1. The van der Waals surface area contributed by atoms with Crippen LogP contribution in [0.4, 0.5) is 5.69 Å². The first-order chi connectivity index (χ1) is 10.1. The van der Waals surface area contributed by atoms with Gasteiger partial charge >= 0.3 is 0 Å². The Kier molecular flexibility index (Phi) is 3.70. The second kappa shape index (κ2) is 5.65. The number of hydrogen-bond acceptors (Lipinski definition) is 5. The molecule has 6 nitrogen and oxygen atoms in total. The Morgan fingerprint density at radius 1 is 1.48 bits per heavy atom. The van der Waals surface area contributed by atoms with Crippen LogP contribution in [0.1, 0.15) is 18.5 Å². The molecule has 1 aliphatic rings. The number of benzene rings is 1. The van der Waals surface area contributed by atoms with E-state index in [-0.39, 0.29) is 5.69 Å². The van der Waals surface area contributed by atoms with Crippen molar-refractivity contribution in [3.8, 4) is 5.75 Å². The number of ether oxygens (including phenoxy) is 1. The first kappa shape index (κ1) is 13.8. The molecule has 1 N–H and O–H groups in total. The lowest BCUT2D eigenvalue weighted by atomic mass is 10.1. The number of hydrogen-bond donors (Lipinski definition) is 1. The minimum atomic E-state index is -0.401. The Bertz CT molecular complexity index is 681. The van der Waals surface area contributed by atoms with Gasteiger partial charge in [0.25, 0.3) is 5.69 Å². The fraction of sp³-hybridized carbons (Fsp3) is 0.400. The first-order valence-electron chi connectivity index (χ1n) is 7.05. The number of rotatable bonds is 4. The van der Waals surface area contributed by atoms with E-state index in [0.717, 1.165) is 30.6 Å². The van der Waals surface area contributed by atoms with Crippen LogP contribution in [-0.4, -0.2) is 29.1 Å². The van der Waals surface area contributed by atoms with Crippen molar-refractivity contribution in [2.45, 2.75) is 25.8 Å². The van der Waals surface area contributed by atoms with Gasteiger partial charge in [0.2, 0.25) is 0 Å². The van der Waals surface area contributed by atoms with Crippen molar-refractivity contribution in [1.29, 1.82) is 0 Å². The molecular weight excluding hydrogens is 270 g/mol. The fourth-order valence-corrected chi connectivity index (χ4v) is 2.63.